The van der Waals surface area contributed by atoms with Gasteiger partial charge in [0, 0.05) is 38.1 Å². The summed E-state index contributed by atoms with van der Waals surface area (Å²) < 4.78 is 35.3. The van der Waals surface area contributed by atoms with Crippen LogP contribution in [0.2, 0.25) is 0 Å². The highest BCUT2D eigenvalue weighted by Gasteiger charge is 2.36. The fourth-order valence-corrected chi connectivity index (χ4v) is 5.60. The Kier molecular flexibility index (Phi) is 6.01. The number of carboxylic acids is 1. The number of hydrogen-bond acceptors (Lipinski definition) is 8. The fourth-order valence-electron chi connectivity index (χ4n) is 4.54. The lowest BCUT2D eigenvalue weighted by Crippen LogP contribution is -2.41. The average Bonchev–Trinajstić information content (AvgIpc) is 3.35. The van der Waals surface area contributed by atoms with Crippen molar-refractivity contribution in [3.63, 3.8) is 0 Å². The monoisotopic (exact) mass is 500 g/mol. The molecule has 13 heteroatoms. The van der Waals surface area contributed by atoms with Gasteiger partial charge in [-0.1, -0.05) is 0 Å². The van der Waals surface area contributed by atoms with Crippen LogP contribution in [0.15, 0.2) is 35.6 Å². The Hall–Kier alpha value is -3.39. The zero-order valence-electron chi connectivity index (χ0n) is 18.9. The van der Waals surface area contributed by atoms with Gasteiger partial charge in [-0.25, -0.2) is 27.4 Å². The van der Waals surface area contributed by atoms with E-state index < -0.39 is 21.9 Å². The minimum Gasteiger partial charge on any atom is -0.478 e. The standard InChI is InChI=1S/C22H24N6O6S/c1-13-16(22(30)31)11-28-20(13)19(23-12-24-28)18-15-10-14(2-3-17(15)26-21(18)29)35(32,33)25-4-5-27-6-8-34-9-7-27/h2-3,10-12,18,25H,4-9H2,1H3,(H,26,29)(H,30,31). The molecular weight excluding hydrogens is 476 g/mol. The van der Waals surface area contributed by atoms with Gasteiger partial charge in [-0.15, -0.1) is 0 Å². The number of carboxylic acid groups (broad SMARTS) is 1. The van der Waals surface area contributed by atoms with Gasteiger partial charge in [0.25, 0.3) is 0 Å². The van der Waals surface area contributed by atoms with Crippen molar-refractivity contribution in [1.29, 1.82) is 0 Å². The van der Waals surface area contributed by atoms with Crippen LogP contribution in [0.4, 0.5) is 5.69 Å². The number of hydrogen-bond donors (Lipinski definition) is 3. The number of carbonyl (C=O) groups is 2. The number of sulfonamides is 1. The number of morpholine rings is 1. The first-order chi connectivity index (χ1) is 16.8. The molecule has 3 N–H and O–H groups in total. The second kappa shape index (κ2) is 9.00. The minimum atomic E-state index is -3.83. The van der Waals surface area contributed by atoms with Crippen molar-refractivity contribution in [2.24, 2.45) is 0 Å². The van der Waals surface area contributed by atoms with E-state index in [9.17, 15) is 23.1 Å². The van der Waals surface area contributed by atoms with Crippen LogP contribution in [0.5, 0.6) is 0 Å². The van der Waals surface area contributed by atoms with Gasteiger partial charge in [-0.2, -0.15) is 5.10 Å². The maximum absolute atomic E-state index is 13.0. The first-order valence-corrected chi connectivity index (χ1v) is 12.6. The summed E-state index contributed by atoms with van der Waals surface area (Å²) in [6.07, 6.45) is 2.61. The van der Waals surface area contributed by atoms with Crippen molar-refractivity contribution in [3.05, 3.63) is 53.1 Å². The number of nitrogens with one attached hydrogen (secondary N) is 2. The van der Waals surface area contributed by atoms with E-state index in [1.54, 1.807) is 13.0 Å². The smallest absolute Gasteiger partial charge is 0.337 e. The summed E-state index contributed by atoms with van der Waals surface area (Å²) in [5, 5.41) is 16.3. The van der Waals surface area contributed by atoms with Crippen molar-refractivity contribution < 1.29 is 27.9 Å². The van der Waals surface area contributed by atoms with E-state index in [1.807, 2.05) is 0 Å². The van der Waals surface area contributed by atoms with Crippen LogP contribution in [-0.2, 0) is 19.6 Å². The number of ether oxygens (including phenoxy) is 1. The van der Waals surface area contributed by atoms with Gasteiger partial charge >= 0.3 is 5.97 Å². The van der Waals surface area contributed by atoms with Gasteiger partial charge in [0.2, 0.25) is 15.9 Å². The first kappa shape index (κ1) is 23.4. The number of amides is 1. The SMILES string of the molecule is Cc1c(C(=O)O)cn2ncnc(C3C(=O)Nc4ccc(S(=O)(=O)NCCN5CCOCC5)cc43)c12. The predicted molar refractivity (Wildman–Crippen MR) is 124 cm³/mol. The number of nitrogens with zero attached hydrogens (tertiary/aromatic N) is 4. The van der Waals surface area contributed by atoms with Crippen LogP contribution in [0.3, 0.4) is 0 Å². The zero-order valence-corrected chi connectivity index (χ0v) is 19.7. The summed E-state index contributed by atoms with van der Waals surface area (Å²) in [7, 11) is -3.83. The van der Waals surface area contributed by atoms with Gasteiger partial charge in [-0.05, 0) is 36.2 Å². The van der Waals surface area contributed by atoms with E-state index in [2.05, 4.69) is 25.0 Å². The lowest BCUT2D eigenvalue weighted by Gasteiger charge is -2.26. The van der Waals surface area contributed by atoms with E-state index in [1.165, 1.54) is 29.2 Å². The number of aromatic carboxylic acids is 1. The Labute approximate surface area is 201 Å². The van der Waals surface area contributed by atoms with Gasteiger partial charge in [0.15, 0.2) is 0 Å². The van der Waals surface area contributed by atoms with Gasteiger partial charge in [0.1, 0.15) is 12.2 Å². The topological polar surface area (TPSA) is 155 Å². The molecule has 1 aromatic carbocycles. The second-order valence-corrected chi connectivity index (χ2v) is 10.2. The number of fused-ring (bicyclic) bond motifs is 2. The Morgan fingerprint density at radius 3 is 2.83 bits per heavy atom. The molecule has 35 heavy (non-hydrogen) atoms. The Bertz CT molecular complexity index is 1430. The second-order valence-electron chi connectivity index (χ2n) is 8.43. The molecule has 1 atom stereocenters. The lowest BCUT2D eigenvalue weighted by atomic mass is 9.95. The van der Waals surface area contributed by atoms with Crippen molar-refractivity contribution in [3.8, 4) is 0 Å². The molecule has 1 saturated heterocycles. The molecule has 1 fully saturated rings. The van der Waals surface area contributed by atoms with Crippen LogP contribution in [0.1, 0.15) is 33.1 Å². The molecule has 5 rings (SSSR count). The summed E-state index contributed by atoms with van der Waals surface area (Å²) in [6, 6.07) is 4.46. The summed E-state index contributed by atoms with van der Waals surface area (Å²) in [5.74, 6) is -2.42. The molecule has 184 valence electrons. The maximum Gasteiger partial charge on any atom is 0.337 e. The molecule has 2 aromatic heterocycles. The molecule has 0 aliphatic carbocycles. The number of benzene rings is 1. The number of rotatable bonds is 7. The van der Waals surface area contributed by atoms with Crippen LogP contribution < -0.4 is 10.0 Å². The largest absolute Gasteiger partial charge is 0.478 e. The van der Waals surface area contributed by atoms with E-state index in [-0.39, 0.29) is 22.9 Å². The molecule has 0 bridgehead atoms. The van der Waals surface area contributed by atoms with Crippen molar-refractivity contribution in [2.45, 2.75) is 17.7 Å². The number of carbonyl (C=O) groups excluding carboxylic acids is 1. The molecule has 12 nitrogen and oxygen atoms in total. The van der Waals surface area contributed by atoms with Crippen molar-refractivity contribution >= 4 is 33.1 Å². The molecule has 2 aliphatic rings. The minimum absolute atomic E-state index is 0.0307. The molecule has 0 spiro atoms. The first-order valence-electron chi connectivity index (χ1n) is 11.1. The molecule has 3 aromatic rings. The van der Waals surface area contributed by atoms with Gasteiger partial charge in [0.05, 0.1) is 34.9 Å². The van der Waals surface area contributed by atoms with Crippen LogP contribution >= 0.6 is 0 Å². The molecule has 1 unspecified atom stereocenters. The van der Waals surface area contributed by atoms with E-state index >= 15 is 0 Å². The lowest BCUT2D eigenvalue weighted by molar-refractivity contribution is -0.116. The molecular formula is C22H24N6O6S. The third kappa shape index (κ3) is 4.27. The zero-order chi connectivity index (χ0) is 24.7. The van der Waals surface area contributed by atoms with Crippen molar-refractivity contribution in [1.82, 2.24) is 24.2 Å². The van der Waals surface area contributed by atoms with Crippen molar-refractivity contribution in [2.75, 3.05) is 44.7 Å². The Morgan fingerprint density at radius 1 is 1.31 bits per heavy atom. The van der Waals surface area contributed by atoms with Gasteiger partial charge in [-0.3, -0.25) is 9.69 Å². The highest BCUT2D eigenvalue weighted by Crippen LogP contribution is 2.39. The molecule has 1 amide bonds. The summed E-state index contributed by atoms with van der Waals surface area (Å²) >= 11 is 0. The van der Waals surface area contributed by atoms with Crippen LogP contribution in [-0.4, -0.2) is 84.3 Å². The molecule has 4 heterocycles. The Balaban J connectivity index is 1.46. The normalized spacial score (nSPS) is 18.5. The Morgan fingerprint density at radius 2 is 2.09 bits per heavy atom. The van der Waals surface area contributed by atoms with Gasteiger partial charge < -0.3 is 15.2 Å². The fraction of sp³-hybridized carbons (Fsp3) is 0.364. The summed E-state index contributed by atoms with van der Waals surface area (Å²) in [5.41, 5.74) is 2.09. The molecule has 2 aliphatic heterocycles. The molecule has 0 radical (unpaired) electrons. The third-order valence-corrected chi connectivity index (χ3v) is 7.81. The number of anilines is 1. The van der Waals surface area contributed by atoms with Crippen LogP contribution in [0.25, 0.3) is 5.52 Å². The quantitative estimate of drug-likeness (QED) is 0.419. The van der Waals surface area contributed by atoms with E-state index in [0.29, 0.717) is 47.8 Å². The van der Waals surface area contributed by atoms with Crippen LogP contribution in [0, 0.1) is 6.92 Å². The van der Waals surface area contributed by atoms with E-state index in [0.717, 1.165) is 13.1 Å². The highest BCUT2D eigenvalue weighted by molar-refractivity contribution is 7.89. The highest BCUT2D eigenvalue weighted by atomic mass is 32.2. The number of aryl methyl sites for hydroxylation is 1. The average molecular weight is 501 g/mol. The maximum atomic E-state index is 13.0. The van der Waals surface area contributed by atoms with E-state index in [4.69, 9.17) is 4.74 Å². The molecule has 0 saturated carbocycles. The summed E-state index contributed by atoms with van der Waals surface area (Å²) in [4.78, 5) is 31.0. The summed E-state index contributed by atoms with van der Waals surface area (Å²) in [6.45, 7) is 5.20. The number of aromatic nitrogens is 3. The third-order valence-electron chi connectivity index (χ3n) is 6.35. The predicted octanol–water partition coefficient (Wildman–Crippen LogP) is 0.430.